The predicted octanol–water partition coefficient (Wildman–Crippen LogP) is 0.108. The fourth-order valence-corrected chi connectivity index (χ4v) is 1.54. The Labute approximate surface area is 93.7 Å². The maximum Gasteiger partial charge on any atom is 0.0846 e. The molecule has 1 atom stereocenters. The van der Waals surface area contributed by atoms with Crippen molar-refractivity contribution in [2.24, 2.45) is 7.05 Å². The van der Waals surface area contributed by atoms with E-state index in [4.69, 9.17) is 0 Å². The summed E-state index contributed by atoms with van der Waals surface area (Å²) < 4.78 is 1.69. The van der Waals surface area contributed by atoms with E-state index in [0.29, 0.717) is 0 Å². The lowest BCUT2D eigenvalue weighted by Gasteiger charge is -2.12. The number of aromatic nitrogens is 5. The van der Waals surface area contributed by atoms with Gasteiger partial charge in [-0.25, -0.2) is 0 Å². The van der Waals surface area contributed by atoms with Gasteiger partial charge in [-0.05, 0) is 7.05 Å². The van der Waals surface area contributed by atoms with Crippen LogP contribution in [0.5, 0.6) is 0 Å². The molecule has 6 nitrogen and oxygen atoms in total. The van der Waals surface area contributed by atoms with Gasteiger partial charge in [0, 0.05) is 38.3 Å². The smallest absolute Gasteiger partial charge is 0.0846 e. The fourth-order valence-electron chi connectivity index (χ4n) is 1.54. The van der Waals surface area contributed by atoms with Crippen LogP contribution in [0.3, 0.4) is 0 Å². The minimum atomic E-state index is 0.116. The second-order valence-corrected chi connectivity index (χ2v) is 3.56. The first kappa shape index (κ1) is 10.7. The number of likely N-dealkylation sites (N-methyl/N-ethyl adjacent to an activating group) is 1. The van der Waals surface area contributed by atoms with E-state index < -0.39 is 0 Å². The summed E-state index contributed by atoms with van der Waals surface area (Å²) in [7, 11) is 3.75. The van der Waals surface area contributed by atoms with Gasteiger partial charge in [-0.15, -0.1) is 5.10 Å². The fraction of sp³-hybridized carbons (Fsp3) is 0.400. The molecule has 0 aromatic carbocycles. The Morgan fingerprint density at radius 1 is 1.44 bits per heavy atom. The van der Waals surface area contributed by atoms with E-state index in [1.807, 2.05) is 20.3 Å². The van der Waals surface area contributed by atoms with Crippen LogP contribution in [0.25, 0.3) is 0 Å². The summed E-state index contributed by atoms with van der Waals surface area (Å²) in [4.78, 5) is 8.33. The van der Waals surface area contributed by atoms with E-state index >= 15 is 0 Å². The monoisotopic (exact) mass is 218 g/mol. The van der Waals surface area contributed by atoms with Gasteiger partial charge in [-0.2, -0.15) is 0 Å². The number of rotatable bonds is 4. The van der Waals surface area contributed by atoms with Crippen LogP contribution in [0.1, 0.15) is 17.4 Å². The lowest BCUT2D eigenvalue weighted by molar-refractivity contribution is 0.565. The summed E-state index contributed by atoms with van der Waals surface area (Å²) in [5.74, 6) is 0. The molecule has 0 saturated heterocycles. The molecule has 84 valence electrons. The van der Waals surface area contributed by atoms with Gasteiger partial charge in [0.1, 0.15) is 0 Å². The molecule has 1 N–H and O–H groups in total. The number of hydrogen-bond acceptors (Lipinski definition) is 5. The Balaban J connectivity index is 2.12. The Hall–Kier alpha value is -1.82. The lowest BCUT2D eigenvalue weighted by Crippen LogP contribution is -2.20. The molecule has 6 heteroatoms. The van der Waals surface area contributed by atoms with Gasteiger partial charge >= 0.3 is 0 Å². The zero-order chi connectivity index (χ0) is 11.4. The first-order chi connectivity index (χ1) is 7.79. The molecule has 16 heavy (non-hydrogen) atoms. The van der Waals surface area contributed by atoms with Crippen molar-refractivity contribution in [2.45, 2.75) is 12.5 Å². The summed E-state index contributed by atoms with van der Waals surface area (Å²) in [5, 5.41) is 11.2. The van der Waals surface area contributed by atoms with Gasteiger partial charge in [0.2, 0.25) is 0 Å². The summed E-state index contributed by atoms with van der Waals surface area (Å²) in [6.45, 7) is 0. The van der Waals surface area contributed by atoms with Crippen molar-refractivity contribution in [1.29, 1.82) is 0 Å². The van der Waals surface area contributed by atoms with Crippen LogP contribution < -0.4 is 5.32 Å². The molecule has 0 aliphatic heterocycles. The Morgan fingerprint density at radius 2 is 2.31 bits per heavy atom. The van der Waals surface area contributed by atoms with E-state index in [9.17, 15) is 0 Å². The molecule has 1 unspecified atom stereocenters. The second kappa shape index (κ2) is 4.80. The zero-order valence-electron chi connectivity index (χ0n) is 9.33. The Bertz CT molecular complexity index is 438. The van der Waals surface area contributed by atoms with Gasteiger partial charge in [0.15, 0.2) is 0 Å². The Kier molecular flexibility index (Phi) is 3.21. The van der Waals surface area contributed by atoms with Crippen LogP contribution in [-0.4, -0.2) is 32.0 Å². The third-order valence-corrected chi connectivity index (χ3v) is 2.35. The van der Waals surface area contributed by atoms with Crippen molar-refractivity contribution in [1.82, 2.24) is 30.3 Å². The van der Waals surface area contributed by atoms with Crippen molar-refractivity contribution in [3.8, 4) is 0 Å². The maximum atomic E-state index is 4.27. The SMILES string of the molecule is CNC(Cc1cn(C)nn1)c1cnccn1. The van der Waals surface area contributed by atoms with Crippen LogP contribution in [0.15, 0.2) is 24.8 Å². The molecular weight excluding hydrogens is 204 g/mol. The predicted molar refractivity (Wildman–Crippen MR) is 58.5 cm³/mol. The van der Waals surface area contributed by atoms with E-state index in [-0.39, 0.29) is 6.04 Å². The largest absolute Gasteiger partial charge is 0.311 e. The van der Waals surface area contributed by atoms with E-state index in [1.54, 1.807) is 23.3 Å². The molecule has 0 aliphatic rings. The van der Waals surface area contributed by atoms with Crippen molar-refractivity contribution < 1.29 is 0 Å². The van der Waals surface area contributed by atoms with Crippen molar-refractivity contribution in [2.75, 3.05) is 7.05 Å². The topological polar surface area (TPSA) is 68.5 Å². The van der Waals surface area contributed by atoms with Gasteiger partial charge < -0.3 is 5.32 Å². The molecule has 0 spiro atoms. The summed E-state index contributed by atoms with van der Waals surface area (Å²) in [6.07, 6.45) is 7.77. The standard InChI is InChI=1S/C10H14N6/c1-11-9(10-6-12-3-4-13-10)5-8-7-16(2)15-14-8/h3-4,6-7,9,11H,5H2,1-2H3. The van der Waals surface area contributed by atoms with Crippen LogP contribution in [0.2, 0.25) is 0 Å². The summed E-state index contributed by atoms with van der Waals surface area (Å²) in [5.41, 5.74) is 1.85. The molecule has 2 aromatic heterocycles. The molecule has 0 radical (unpaired) electrons. The average molecular weight is 218 g/mol. The highest BCUT2D eigenvalue weighted by molar-refractivity contribution is 5.07. The molecule has 0 amide bonds. The maximum absolute atomic E-state index is 4.27. The molecule has 2 aromatic rings. The average Bonchev–Trinajstić information content (AvgIpc) is 2.73. The number of nitrogens with zero attached hydrogens (tertiary/aromatic N) is 5. The van der Waals surface area contributed by atoms with Crippen LogP contribution in [-0.2, 0) is 13.5 Å². The van der Waals surface area contributed by atoms with Crippen LogP contribution in [0.4, 0.5) is 0 Å². The molecule has 0 bridgehead atoms. The van der Waals surface area contributed by atoms with E-state index in [2.05, 4.69) is 25.6 Å². The minimum Gasteiger partial charge on any atom is -0.311 e. The highest BCUT2D eigenvalue weighted by Gasteiger charge is 2.13. The molecule has 2 heterocycles. The molecule has 0 aliphatic carbocycles. The highest BCUT2D eigenvalue weighted by atomic mass is 15.4. The number of hydrogen-bond donors (Lipinski definition) is 1. The van der Waals surface area contributed by atoms with Crippen molar-refractivity contribution >= 4 is 0 Å². The third kappa shape index (κ3) is 2.40. The molecular formula is C10H14N6. The van der Waals surface area contributed by atoms with Gasteiger partial charge in [0.25, 0.3) is 0 Å². The first-order valence-electron chi connectivity index (χ1n) is 5.08. The third-order valence-electron chi connectivity index (χ3n) is 2.35. The number of aryl methyl sites for hydroxylation is 1. The number of nitrogens with one attached hydrogen (secondary N) is 1. The van der Waals surface area contributed by atoms with Crippen LogP contribution >= 0.6 is 0 Å². The summed E-state index contributed by atoms with van der Waals surface area (Å²) >= 11 is 0. The van der Waals surface area contributed by atoms with Gasteiger partial charge in [-0.1, -0.05) is 5.21 Å². The molecule has 0 saturated carbocycles. The van der Waals surface area contributed by atoms with Crippen LogP contribution in [0, 0.1) is 0 Å². The second-order valence-electron chi connectivity index (χ2n) is 3.56. The molecule has 2 rings (SSSR count). The van der Waals surface area contributed by atoms with E-state index in [0.717, 1.165) is 17.8 Å². The first-order valence-corrected chi connectivity index (χ1v) is 5.08. The highest BCUT2D eigenvalue weighted by Crippen LogP contribution is 2.12. The molecule has 0 fully saturated rings. The minimum absolute atomic E-state index is 0.116. The van der Waals surface area contributed by atoms with Gasteiger partial charge in [0.05, 0.1) is 17.4 Å². The normalized spacial score (nSPS) is 12.6. The van der Waals surface area contributed by atoms with Crippen molar-refractivity contribution in [3.05, 3.63) is 36.2 Å². The Morgan fingerprint density at radius 3 is 2.88 bits per heavy atom. The van der Waals surface area contributed by atoms with E-state index in [1.165, 1.54) is 0 Å². The summed E-state index contributed by atoms with van der Waals surface area (Å²) in [6, 6.07) is 0.116. The zero-order valence-corrected chi connectivity index (χ0v) is 9.33. The van der Waals surface area contributed by atoms with Crippen molar-refractivity contribution in [3.63, 3.8) is 0 Å². The lowest BCUT2D eigenvalue weighted by atomic mass is 10.1. The quantitative estimate of drug-likeness (QED) is 0.788. The van der Waals surface area contributed by atoms with Gasteiger partial charge in [-0.3, -0.25) is 14.6 Å².